The minimum absolute atomic E-state index is 0.294. The Morgan fingerprint density at radius 1 is 1.26 bits per heavy atom. The lowest BCUT2D eigenvalue weighted by Crippen LogP contribution is -2.45. The summed E-state index contributed by atoms with van der Waals surface area (Å²) in [6, 6.07) is 2.63. The predicted molar refractivity (Wildman–Crippen MR) is 91.3 cm³/mol. The van der Waals surface area contributed by atoms with Crippen LogP contribution in [0.3, 0.4) is 0 Å². The summed E-state index contributed by atoms with van der Waals surface area (Å²) in [6.07, 6.45) is 13.5. The third-order valence-electron chi connectivity index (χ3n) is 7.58. The van der Waals surface area contributed by atoms with Crippen molar-refractivity contribution in [2.45, 2.75) is 58.8 Å². The lowest BCUT2D eigenvalue weighted by atomic mass is 9.52. The molecule has 4 aliphatic rings. The molecule has 0 N–H and O–H groups in total. The van der Waals surface area contributed by atoms with Gasteiger partial charge in [-0.1, -0.05) is 13.0 Å². The van der Waals surface area contributed by atoms with Gasteiger partial charge >= 0.3 is 0 Å². The molecule has 2 fully saturated rings. The van der Waals surface area contributed by atoms with Crippen molar-refractivity contribution in [2.75, 3.05) is 6.61 Å². The molecule has 2 nitrogen and oxygen atoms in total. The first kappa shape index (κ1) is 15.3. The predicted octanol–water partition coefficient (Wildman–Crippen LogP) is 5.23. The fourth-order valence-corrected chi connectivity index (χ4v) is 6.44. The molecule has 124 valence electrons. The Kier molecular flexibility index (Phi) is 3.79. The van der Waals surface area contributed by atoms with E-state index in [4.69, 9.17) is 4.74 Å². The van der Waals surface area contributed by atoms with Crippen LogP contribution in [0.5, 0.6) is 0 Å². The van der Waals surface area contributed by atoms with Gasteiger partial charge in [0.15, 0.2) is 0 Å². The summed E-state index contributed by atoms with van der Waals surface area (Å²) in [5, 5.41) is 9.55. The third-order valence-corrected chi connectivity index (χ3v) is 7.58. The van der Waals surface area contributed by atoms with E-state index < -0.39 is 0 Å². The number of ether oxygens (including phenoxy) is 1. The van der Waals surface area contributed by atoms with Crippen molar-refractivity contribution in [2.24, 2.45) is 35.0 Å². The molecule has 0 bridgehead atoms. The second-order valence-corrected chi connectivity index (χ2v) is 8.37. The average Bonchev–Trinajstić information content (AvgIpc) is 2.91. The van der Waals surface area contributed by atoms with Crippen molar-refractivity contribution in [1.29, 1.82) is 5.26 Å². The Hall–Kier alpha value is -1.23. The lowest BCUT2D eigenvalue weighted by Gasteiger charge is -2.52. The van der Waals surface area contributed by atoms with Crippen LogP contribution in [-0.2, 0) is 4.74 Å². The highest BCUT2D eigenvalue weighted by molar-refractivity contribution is 5.31. The number of fused-ring (bicyclic) bond motifs is 5. The van der Waals surface area contributed by atoms with E-state index in [9.17, 15) is 5.26 Å². The smallest absolute Gasteiger partial charge is 0.0962 e. The van der Waals surface area contributed by atoms with E-state index in [0.29, 0.717) is 11.3 Å². The van der Waals surface area contributed by atoms with Crippen molar-refractivity contribution in [3.05, 3.63) is 23.5 Å². The fourth-order valence-electron chi connectivity index (χ4n) is 6.44. The summed E-state index contributed by atoms with van der Waals surface area (Å²) in [7, 11) is 0. The van der Waals surface area contributed by atoms with Gasteiger partial charge in [0.2, 0.25) is 0 Å². The maximum absolute atomic E-state index is 9.55. The maximum atomic E-state index is 9.55. The Morgan fingerprint density at radius 2 is 2.13 bits per heavy atom. The van der Waals surface area contributed by atoms with Crippen LogP contribution in [0, 0.1) is 46.3 Å². The van der Waals surface area contributed by atoms with Crippen LogP contribution >= 0.6 is 0 Å². The zero-order chi connectivity index (χ0) is 16.0. The highest BCUT2D eigenvalue weighted by Crippen LogP contribution is 2.62. The highest BCUT2D eigenvalue weighted by atomic mass is 16.5. The first-order chi connectivity index (χ1) is 11.2. The van der Waals surface area contributed by atoms with Crippen molar-refractivity contribution >= 4 is 0 Å². The van der Waals surface area contributed by atoms with Crippen LogP contribution in [0.4, 0.5) is 0 Å². The average molecular weight is 311 g/mol. The lowest BCUT2D eigenvalue weighted by molar-refractivity contribution is 0.000244. The molecule has 23 heavy (non-hydrogen) atoms. The summed E-state index contributed by atoms with van der Waals surface area (Å²) in [4.78, 5) is 0. The molecule has 0 spiro atoms. The van der Waals surface area contributed by atoms with Crippen LogP contribution in [0.1, 0.15) is 58.8 Å². The van der Waals surface area contributed by atoms with Gasteiger partial charge in [-0.15, -0.1) is 0 Å². The zero-order valence-corrected chi connectivity index (χ0v) is 14.6. The van der Waals surface area contributed by atoms with Crippen molar-refractivity contribution < 1.29 is 4.74 Å². The number of allylic oxidation sites excluding steroid dienone is 4. The molecule has 0 aromatic rings. The van der Waals surface area contributed by atoms with E-state index in [0.717, 1.165) is 43.1 Å². The monoisotopic (exact) mass is 311 g/mol. The van der Waals surface area contributed by atoms with E-state index >= 15 is 0 Å². The molecule has 0 aromatic carbocycles. The Bertz CT molecular complexity index is 583. The van der Waals surface area contributed by atoms with E-state index in [1.54, 1.807) is 5.57 Å². The zero-order valence-electron chi connectivity index (χ0n) is 14.6. The van der Waals surface area contributed by atoms with Gasteiger partial charge in [0.1, 0.15) is 0 Å². The molecule has 2 heteroatoms. The minimum atomic E-state index is 0.294. The molecule has 0 saturated heterocycles. The van der Waals surface area contributed by atoms with Gasteiger partial charge in [-0.05, 0) is 86.2 Å². The van der Waals surface area contributed by atoms with Crippen LogP contribution in [0.15, 0.2) is 23.5 Å². The SMILES string of the molecule is CCOC1=CC2=CC[C@@H]3[C@H](CC[C@]4(C)[C@@H](C#N)CC[C@@H]34)[C@H]2CC1. The van der Waals surface area contributed by atoms with Crippen LogP contribution in [0.2, 0.25) is 0 Å². The number of hydrogen-bond acceptors (Lipinski definition) is 2. The second kappa shape index (κ2) is 5.69. The molecule has 0 unspecified atom stereocenters. The summed E-state index contributed by atoms with van der Waals surface area (Å²) >= 11 is 0. The second-order valence-electron chi connectivity index (χ2n) is 8.37. The standard InChI is InChI=1S/C21H29NO/c1-3-23-16-6-8-17-14(12-16)4-7-19-18(17)10-11-21(2)15(13-22)5-9-20(19)21/h4,12,15,17-20H,3,5-11H2,1-2H3/t15-,17+,18-,19-,20+,21-/m1/s1. The molecule has 0 heterocycles. The summed E-state index contributed by atoms with van der Waals surface area (Å²) < 4.78 is 5.77. The molecular weight excluding hydrogens is 282 g/mol. The van der Waals surface area contributed by atoms with Gasteiger partial charge in [0.25, 0.3) is 0 Å². The number of hydrogen-bond donors (Lipinski definition) is 0. The third kappa shape index (κ3) is 2.27. The summed E-state index contributed by atoms with van der Waals surface area (Å²) in [6.45, 7) is 5.28. The molecule has 4 rings (SSSR count). The van der Waals surface area contributed by atoms with Gasteiger partial charge in [-0.25, -0.2) is 0 Å². The minimum Gasteiger partial charge on any atom is -0.498 e. The first-order valence-electron chi connectivity index (χ1n) is 9.60. The van der Waals surface area contributed by atoms with Crippen LogP contribution in [-0.4, -0.2) is 6.61 Å². The fraction of sp³-hybridized carbons (Fsp3) is 0.762. The topological polar surface area (TPSA) is 33.0 Å². The van der Waals surface area contributed by atoms with Crippen LogP contribution in [0.25, 0.3) is 0 Å². The highest BCUT2D eigenvalue weighted by Gasteiger charge is 2.55. The van der Waals surface area contributed by atoms with E-state index in [-0.39, 0.29) is 0 Å². The number of nitriles is 1. The van der Waals surface area contributed by atoms with Crippen LogP contribution < -0.4 is 0 Å². The van der Waals surface area contributed by atoms with Gasteiger partial charge in [0, 0.05) is 6.42 Å². The molecule has 0 aromatic heterocycles. The normalized spacial score (nSPS) is 45.0. The first-order valence-corrected chi connectivity index (χ1v) is 9.60. The molecule has 0 amide bonds. The molecule has 0 aliphatic heterocycles. The van der Waals surface area contributed by atoms with E-state index in [2.05, 4.69) is 32.1 Å². The van der Waals surface area contributed by atoms with Gasteiger partial charge < -0.3 is 4.74 Å². The Balaban J connectivity index is 1.60. The van der Waals surface area contributed by atoms with Gasteiger partial charge in [0.05, 0.1) is 24.4 Å². The quantitative estimate of drug-likeness (QED) is 0.699. The molecular formula is C21H29NO. The number of rotatable bonds is 2. The van der Waals surface area contributed by atoms with Gasteiger partial charge in [-0.2, -0.15) is 5.26 Å². The molecule has 6 atom stereocenters. The largest absolute Gasteiger partial charge is 0.498 e. The van der Waals surface area contributed by atoms with Gasteiger partial charge in [-0.3, -0.25) is 0 Å². The number of nitrogens with zero attached hydrogens (tertiary/aromatic N) is 1. The Morgan fingerprint density at radius 3 is 2.91 bits per heavy atom. The summed E-state index contributed by atoms with van der Waals surface area (Å²) in [5.41, 5.74) is 1.85. The van der Waals surface area contributed by atoms with E-state index in [1.807, 2.05) is 0 Å². The Labute approximate surface area is 140 Å². The van der Waals surface area contributed by atoms with E-state index in [1.165, 1.54) is 37.9 Å². The molecule has 0 radical (unpaired) electrons. The van der Waals surface area contributed by atoms with Crippen molar-refractivity contribution in [3.63, 3.8) is 0 Å². The molecule has 2 saturated carbocycles. The van der Waals surface area contributed by atoms with Crippen molar-refractivity contribution in [3.8, 4) is 6.07 Å². The summed E-state index contributed by atoms with van der Waals surface area (Å²) in [5.74, 6) is 4.70. The van der Waals surface area contributed by atoms with Crippen molar-refractivity contribution in [1.82, 2.24) is 0 Å². The maximum Gasteiger partial charge on any atom is 0.0962 e. The molecule has 4 aliphatic carbocycles.